The quantitative estimate of drug-likeness (QED) is 0.792. The van der Waals surface area contributed by atoms with Gasteiger partial charge in [0.25, 0.3) is 11.8 Å². The minimum absolute atomic E-state index is 0.00118. The molecule has 2 aliphatic rings. The van der Waals surface area contributed by atoms with E-state index in [-0.39, 0.29) is 24.2 Å². The van der Waals surface area contributed by atoms with Crippen LogP contribution in [0.25, 0.3) is 0 Å². The SMILES string of the molecule is Cc1ncsc1C(=O)N1CCC2(CC1)CN(c1cccc(F)c1)C(=O)CO2. The Morgan fingerprint density at radius 1 is 1.33 bits per heavy atom. The number of piperidine rings is 1. The number of amides is 2. The Hall–Kier alpha value is -2.32. The third kappa shape index (κ3) is 3.46. The van der Waals surface area contributed by atoms with Gasteiger partial charge in [-0.3, -0.25) is 9.59 Å². The van der Waals surface area contributed by atoms with Gasteiger partial charge in [-0.05, 0) is 38.0 Å². The Bertz CT molecular complexity index is 877. The fourth-order valence-electron chi connectivity index (χ4n) is 3.66. The first-order valence-corrected chi connectivity index (χ1v) is 9.75. The summed E-state index contributed by atoms with van der Waals surface area (Å²) in [5.41, 5.74) is 2.48. The lowest BCUT2D eigenvalue weighted by Gasteiger charge is -2.46. The lowest BCUT2D eigenvalue weighted by atomic mass is 9.89. The maximum atomic E-state index is 13.6. The zero-order chi connectivity index (χ0) is 19.0. The summed E-state index contributed by atoms with van der Waals surface area (Å²) in [6, 6.07) is 6.04. The number of hydrogen-bond acceptors (Lipinski definition) is 5. The van der Waals surface area contributed by atoms with Crippen molar-refractivity contribution in [2.45, 2.75) is 25.4 Å². The van der Waals surface area contributed by atoms with E-state index in [9.17, 15) is 14.0 Å². The van der Waals surface area contributed by atoms with E-state index in [1.807, 2.05) is 11.8 Å². The molecule has 4 rings (SSSR count). The molecule has 2 fully saturated rings. The number of ether oxygens (including phenoxy) is 1. The van der Waals surface area contributed by atoms with E-state index < -0.39 is 5.60 Å². The van der Waals surface area contributed by atoms with Crippen molar-refractivity contribution < 1.29 is 18.7 Å². The first-order valence-electron chi connectivity index (χ1n) is 8.87. The van der Waals surface area contributed by atoms with E-state index in [4.69, 9.17) is 4.74 Å². The standard InChI is InChI=1S/C19H20FN3O3S/c1-13-17(27-12-21-13)18(25)22-7-5-19(6-8-22)11-23(16(24)10-26-19)15-4-2-3-14(20)9-15/h2-4,9,12H,5-8,10-11H2,1H3. The van der Waals surface area contributed by atoms with Crippen molar-refractivity contribution in [2.75, 3.05) is 31.1 Å². The van der Waals surface area contributed by atoms with Gasteiger partial charge in [-0.25, -0.2) is 9.37 Å². The number of carbonyl (C=O) groups is 2. The lowest BCUT2D eigenvalue weighted by molar-refractivity contribution is -0.143. The normalized spacial score (nSPS) is 19.6. The van der Waals surface area contributed by atoms with Crippen LogP contribution in [-0.2, 0) is 9.53 Å². The number of morpholine rings is 1. The molecule has 2 aromatic rings. The smallest absolute Gasteiger partial charge is 0.265 e. The van der Waals surface area contributed by atoms with Gasteiger partial charge < -0.3 is 14.5 Å². The summed E-state index contributed by atoms with van der Waals surface area (Å²) >= 11 is 1.36. The highest BCUT2D eigenvalue weighted by Gasteiger charge is 2.43. The van der Waals surface area contributed by atoms with Crippen LogP contribution in [0.15, 0.2) is 29.8 Å². The zero-order valence-electron chi connectivity index (χ0n) is 15.0. The van der Waals surface area contributed by atoms with Crippen LogP contribution in [0.4, 0.5) is 10.1 Å². The number of rotatable bonds is 2. The Kier molecular flexibility index (Phi) is 4.69. The topological polar surface area (TPSA) is 62.7 Å². The van der Waals surface area contributed by atoms with E-state index in [0.29, 0.717) is 43.0 Å². The molecule has 1 aromatic heterocycles. The number of aromatic nitrogens is 1. The second-order valence-corrected chi connectivity index (χ2v) is 7.85. The Balaban J connectivity index is 1.47. The highest BCUT2D eigenvalue weighted by atomic mass is 32.1. The molecule has 0 N–H and O–H groups in total. The van der Waals surface area contributed by atoms with Gasteiger partial charge in [-0.15, -0.1) is 11.3 Å². The monoisotopic (exact) mass is 389 g/mol. The number of likely N-dealkylation sites (tertiary alicyclic amines) is 1. The molecular weight excluding hydrogens is 369 g/mol. The predicted molar refractivity (Wildman–Crippen MR) is 99.4 cm³/mol. The molecular formula is C19H20FN3O3S. The molecule has 2 saturated heterocycles. The highest BCUT2D eigenvalue weighted by Crippen LogP contribution is 2.33. The summed E-state index contributed by atoms with van der Waals surface area (Å²) in [6.07, 6.45) is 1.27. The molecule has 0 radical (unpaired) electrons. The molecule has 142 valence electrons. The number of thiazole rings is 1. The van der Waals surface area contributed by atoms with E-state index in [1.165, 1.54) is 23.5 Å². The van der Waals surface area contributed by atoms with Crippen molar-refractivity contribution in [2.24, 2.45) is 0 Å². The van der Waals surface area contributed by atoms with Gasteiger partial charge in [0, 0.05) is 18.8 Å². The first kappa shape index (κ1) is 18.1. The Labute approximate surface area is 160 Å². The summed E-state index contributed by atoms with van der Waals surface area (Å²) in [5.74, 6) is -0.551. The maximum Gasteiger partial charge on any atom is 0.265 e. The Morgan fingerprint density at radius 2 is 2.11 bits per heavy atom. The van der Waals surface area contributed by atoms with Gasteiger partial charge in [0.15, 0.2) is 0 Å². The largest absolute Gasteiger partial charge is 0.363 e. The molecule has 1 spiro atoms. The molecule has 0 atom stereocenters. The van der Waals surface area contributed by atoms with Crippen molar-refractivity contribution >= 4 is 28.8 Å². The van der Waals surface area contributed by atoms with Gasteiger partial charge >= 0.3 is 0 Å². The van der Waals surface area contributed by atoms with E-state index in [2.05, 4.69) is 4.98 Å². The van der Waals surface area contributed by atoms with Crippen molar-refractivity contribution in [3.05, 3.63) is 46.2 Å². The molecule has 2 aliphatic heterocycles. The fraction of sp³-hybridized carbons (Fsp3) is 0.421. The van der Waals surface area contributed by atoms with Crippen LogP contribution in [0.5, 0.6) is 0 Å². The number of nitrogens with zero attached hydrogens (tertiary/aromatic N) is 3. The van der Waals surface area contributed by atoms with Crippen molar-refractivity contribution in [1.29, 1.82) is 0 Å². The molecule has 0 aliphatic carbocycles. The van der Waals surface area contributed by atoms with Crippen molar-refractivity contribution in [1.82, 2.24) is 9.88 Å². The molecule has 2 amide bonds. The summed E-state index contributed by atoms with van der Waals surface area (Å²) in [4.78, 5) is 33.2. The summed E-state index contributed by atoms with van der Waals surface area (Å²) in [6.45, 7) is 3.29. The molecule has 6 nitrogen and oxygen atoms in total. The Morgan fingerprint density at radius 3 is 2.78 bits per heavy atom. The minimum atomic E-state index is -0.500. The second-order valence-electron chi connectivity index (χ2n) is 6.99. The average Bonchev–Trinajstić information content (AvgIpc) is 3.10. The average molecular weight is 389 g/mol. The highest BCUT2D eigenvalue weighted by molar-refractivity contribution is 7.11. The number of aryl methyl sites for hydroxylation is 1. The zero-order valence-corrected chi connectivity index (χ0v) is 15.8. The van der Waals surface area contributed by atoms with Gasteiger partial charge in [0.05, 0.1) is 23.4 Å². The van der Waals surface area contributed by atoms with E-state index >= 15 is 0 Å². The maximum absolute atomic E-state index is 13.6. The summed E-state index contributed by atoms with van der Waals surface area (Å²) in [7, 11) is 0. The van der Waals surface area contributed by atoms with Gasteiger partial charge in [0.1, 0.15) is 17.3 Å². The number of hydrogen-bond donors (Lipinski definition) is 0. The third-order valence-corrected chi connectivity index (χ3v) is 6.19. The summed E-state index contributed by atoms with van der Waals surface area (Å²) < 4.78 is 19.5. The third-order valence-electron chi connectivity index (χ3n) is 5.27. The van der Waals surface area contributed by atoms with Crippen LogP contribution in [0, 0.1) is 12.7 Å². The van der Waals surface area contributed by atoms with Crippen molar-refractivity contribution in [3.8, 4) is 0 Å². The van der Waals surface area contributed by atoms with Crippen LogP contribution >= 0.6 is 11.3 Å². The van der Waals surface area contributed by atoms with E-state index in [0.717, 1.165) is 5.69 Å². The molecule has 0 bridgehead atoms. The number of halogens is 1. The molecule has 27 heavy (non-hydrogen) atoms. The lowest BCUT2D eigenvalue weighted by Crippen LogP contribution is -2.59. The number of carbonyl (C=O) groups excluding carboxylic acids is 2. The molecule has 0 unspecified atom stereocenters. The van der Waals surface area contributed by atoms with Crippen LogP contribution in [0.2, 0.25) is 0 Å². The molecule has 8 heteroatoms. The number of benzene rings is 1. The van der Waals surface area contributed by atoms with Crippen LogP contribution < -0.4 is 4.90 Å². The molecule has 1 aromatic carbocycles. The fourth-order valence-corrected chi connectivity index (χ4v) is 4.43. The van der Waals surface area contributed by atoms with Crippen LogP contribution in [0.1, 0.15) is 28.2 Å². The first-order chi connectivity index (χ1) is 13.0. The van der Waals surface area contributed by atoms with Crippen molar-refractivity contribution in [3.63, 3.8) is 0 Å². The second kappa shape index (κ2) is 7.01. The predicted octanol–water partition coefficient (Wildman–Crippen LogP) is 2.63. The van der Waals surface area contributed by atoms with Gasteiger partial charge in [0.2, 0.25) is 0 Å². The summed E-state index contributed by atoms with van der Waals surface area (Å²) in [5, 5.41) is 0. The molecule has 3 heterocycles. The minimum Gasteiger partial charge on any atom is -0.363 e. The van der Waals surface area contributed by atoms with Gasteiger partial charge in [-0.1, -0.05) is 6.07 Å². The van der Waals surface area contributed by atoms with E-state index in [1.54, 1.807) is 22.5 Å². The molecule has 0 saturated carbocycles. The van der Waals surface area contributed by atoms with Crippen LogP contribution in [-0.4, -0.2) is 53.5 Å². The van der Waals surface area contributed by atoms with Gasteiger partial charge in [-0.2, -0.15) is 0 Å². The number of anilines is 1. The van der Waals surface area contributed by atoms with Crippen LogP contribution in [0.3, 0.4) is 0 Å².